The summed E-state index contributed by atoms with van der Waals surface area (Å²) in [5.74, 6) is 0.510. The summed E-state index contributed by atoms with van der Waals surface area (Å²) in [6.07, 6.45) is 0.201. The molecule has 0 aromatic carbocycles. The van der Waals surface area contributed by atoms with Crippen molar-refractivity contribution in [3.8, 4) is 0 Å². The molecule has 0 amide bonds. The summed E-state index contributed by atoms with van der Waals surface area (Å²) in [4.78, 5) is 0. The van der Waals surface area contributed by atoms with E-state index in [1.54, 1.807) is 0 Å². The monoisotopic (exact) mass is 186 g/mol. The molecule has 0 spiro atoms. The van der Waals surface area contributed by atoms with Gasteiger partial charge in [0, 0.05) is 0 Å². The van der Waals surface area contributed by atoms with E-state index in [0.29, 0.717) is 5.92 Å². The van der Waals surface area contributed by atoms with Gasteiger partial charge in [-0.1, -0.05) is 6.92 Å². The molecule has 0 radical (unpaired) electrons. The molecular weight excluding hydrogens is 168 g/mol. The normalized spacial score (nSPS) is 61.2. The van der Waals surface area contributed by atoms with Crippen LogP contribution in [0.1, 0.15) is 33.6 Å². The summed E-state index contributed by atoms with van der Waals surface area (Å²) >= 11 is 0. The Morgan fingerprint density at radius 3 is 1.85 bits per heavy atom. The molecule has 0 unspecified atom stereocenters. The van der Waals surface area contributed by atoms with E-state index < -0.39 is 23.4 Å². The van der Waals surface area contributed by atoms with E-state index in [1.807, 2.05) is 13.8 Å². The van der Waals surface area contributed by atoms with Gasteiger partial charge in [-0.25, -0.2) is 0 Å². The largest absolute Gasteiger partial charge is 0.387 e. The molecule has 3 heteroatoms. The first-order valence-electron chi connectivity index (χ1n) is 4.94. The van der Waals surface area contributed by atoms with Gasteiger partial charge in [0.1, 0.15) is 12.2 Å². The van der Waals surface area contributed by atoms with Crippen molar-refractivity contribution in [1.29, 1.82) is 0 Å². The predicted octanol–water partition coefficient (Wildman–Crippen LogP) is 0.686. The van der Waals surface area contributed by atoms with Gasteiger partial charge in [-0.05, 0) is 32.6 Å². The summed E-state index contributed by atoms with van der Waals surface area (Å²) in [7, 11) is 0. The van der Waals surface area contributed by atoms with E-state index in [9.17, 15) is 10.2 Å². The highest BCUT2D eigenvalue weighted by Gasteiger charge is 2.60. The number of hydrogen-bond acceptors (Lipinski definition) is 3. The van der Waals surface area contributed by atoms with Gasteiger partial charge in [0.15, 0.2) is 0 Å². The molecule has 2 rings (SSSR count). The smallest absolute Gasteiger partial charge is 0.111 e. The molecule has 76 valence electrons. The van der Waals surface area contributed by atoms with Crippen molar-refractivity contribution in [1.82, 2.24) is 0 Å². The average Bonchev–Trinajstić information content (AvgIpc) is 2.08. The first-order valence-corrected chi connectivity index (χ1v) is 4.94. The lowest BCUT2D eigenvalue weighted by molar-refractivity contribution is -0.161. The summed E-state index contributed by atoms with van der Waals surface area (Å²) < 4.78 is 5.77. The molecule has 2 heterocycles. The number of hydrogen-bond donors (Lipinski definition) is 2. The van der Waals surface area contributed by atoms with E-state index in [0.717, 1.165) is 12.8 Å². The molecule has 2 fully saturated rings. The van der Waals surface area contributed by atoms with Crippen LogP contribution in [-0.4, -0.2) is 33.6 Å². The van der Waals surface area contributed by atoms with Gasteiger partial charge in [0.05, 0.1) is 11.2 Å². The maximum atomic E-state index is 9.84. The number of aliphatic hydroxyl groups excluding tert-OH is 2. The summed E-state index contributed by atoms with van der Waals surface area (Å²) in [6, 6.07) is 0. The van der Waals surface area contributed by atoms with Crippen molar-refractivity contribution in [2.75, 3.05) is 0 Å². The lowest BCUT2D eigenvalue weighted by atomic mass is 9.86. The highest BCUT2D eigenvalue weighted by atomic mass is 16.6. The highest BCUT2D eigenvalue weighted by Crippen LogP contribution is 2.49. The average molecular weight is 186 g/mol. The highest BCUT2D eigenvalue weighted by molar-refractivity contribution is 5.10. The second-order valence-electron chi connectivity index (χ2n) is 5.13. The Kier molecular flexibility index (Phi) is 1.79. The van der Waals surface area contributed by atoms with Crippen LogP contribution in [0.25, 0.3) is 0 Å². The van der Waals surface area contributed by atoms with Crippen molar-refractivity contribution in [2.45, 2.75) is 57.0 Å². The van der Waals surface area contributed by atoms with Crippen LogP contribution in [0.4, 0.5) is 0 Å². The minimum Gasteiger partial charge on any atom is -0.387 e. The van der Waals surface area contributed by atoms with E-state index >= 15 is 0 Å². The molecular formula is C10H18O3. The van der Waals surface area contributed by atoms with E-state index in [1.165, 1.54) is 0 Å². The standard InChI is InChI=1S/C10H18O3/c1-6-4-9(2)7(11)8(12)10(3,5-6)13-9/h6-8,11-12H,4-5H2,1-3H3/t6-,7+,8-,9-,10+. The zero-order valence-corrected chi connectivity index (χ0v) is 8.45. The minimum atomic E-state index is -0.734. The second kappa shape index (κ2) is 2.47. The molecule has 13 heavy (non-hydrogen) atoms. The predicted molar refractivity (Wildman–Crippen MR) is 48.3 cm³/mol. The van der Waals surface area contributed by atoms with Gasteiger partial charge in [-0.2, -0.15) is 0 Å². The van der Waals surface area contributed by atoms with E-state index in [-0.39, 0.29) is 0 Å². The van der Waals surface area contributed by atoms with Gasteiger partial charge in [0.2, 0.25) is 0 Å². The maximum absolute atomic E-state index is 9.84. The lowest BCUT2D eigenvalue weighted by Crippen LogP contribution is -2.43. The third kappa shape index (κ3) is 1.14. The first-order chi connectivity index (χ1) is 5.87. The zero-order chi connectivity index (χ0) is 9.85. The minimum absolute atomic E-state index is 0.510. The van der Waals surface area contributed by atoms with Crippen LogP contribution < -0.4 is 0 Å². The molecule has 0 aromatic rings. The van der Waals surface area contributed by atoms with Gasteiger partial charge in [-0.3, -0.25) is 0 Å². The van der Waals surface area contributed by atoms with Crippen molar-refractivity contribution in [2.24, 2.45) is 5.92 Å². The van der Waals surface area contributed by atoms with Gasteiger partial charge >= 0.3 is 0 Å². The lowest BCUT2D eigenvalue weighted by Gasteiger charge is -2.39. The molecule has 2 aliphatic heterocycles. The van der Waals surface area contributed by atoms with E-state index in [4.69, 9.17) is 4.74 Å². The van der Waals surface area contributed by atoms with Crippen LogP contribution in [0.3, 0.4) is 0 Å². The second-order valence-corrected chi connectivity index (χ2v) is 5.13. The maximum Gasteiger partial charge on any atom is 0.111 e. The van der Waals surface area contributed by atoms with Gasteiger partial charge in [-0.15, -0.1) is 0 Å². The Morgan fingerprint density at radius 2 is 1.46 bits per heavy atom. The fraction of sp³-hybridized carbons (Fsp3) is 1.00. The summed E-state index contributed by atoms with van der Waals surface area (Å²) in [5.41, 5.74) is -1.07. The van der Waals surface area contributed by atoms with Crippen LogP contribution >= 0.6 is 0 Å². The molecule has 0 aromatic heterocycles. The third-order valence-electron chi connectivity index (χ3n) is 3.52. The first kappa shape index (κ1) is 9.44. The van der Waals surface area contributed by atoms with Crippen LogP contribution in [0.2, 0.25) is 0 Å². The van der Waals surface area contributed by atoms with Crippen LogP contribution in [0, 0.1) is 5.92 Å². The van der Waals surface area contributed by atoms with Crippen molar-refractivity contribution in [3.63, 3.8) is 0 Å². The fourth-order valence-electron chi connectivity index (χ4n) is 3.10. The Bertz CT molecular complexity index is 208. The van der Waals surface area contributed by atoms with E-state index in [2.05, 4.69) is 6.92 Å². The quantitative estimate of drug-likeness (QED) is 0.585. The molecule has 0 saturated carbocycles. The molecule has 2 aliphatic rings. The Balaban J connectivity index is 2.35. The fourth-order valence-corrected chi connectivity index (χ4v) is 3.10. The molecule has 5 atom stereocenters. The number of rotatable bonds is 0. The Labute approximate surface area is 78.7 Å². The van der Waals surface area contributed by atoms with Crippen molar-refractivity contribution < 1.29 is 14.9 Å². The number of fused-ring (bicyclic) bond motifs is 2. The SMILES string of the molecule is C[C@@H]1C[C@@]2(C)O[C@@](C)(C1)[C@H](O)[C@@H]2O. The van der Waals surface area contributed by atoms with Gasteiger partial charge < -0.3 is 14.9 Å². The topological polar surface area (TPSA) is 49.7 Å². The third-order valence-corrected chi connectivity index (χ3v) is 3.52. The molecule has 3 nitrogen and oxygen atoms in total. The zero-order valence-electron chi connectivity index (χ0n) is 8.45. The number of aliphatic hydroxyl groups is 2. The van der Waals surface area contributed by atoms with Crippen LogP contribution in [0.15, 0.2) is 0 Å². The Morgan fingerprint density at radius 1 is 1.08 bits per heavy atom. The molecule has 2 saturated heterocycles. The molecule has 0 aliphatic carbocycles. The van der Waals surface area contributed by atoms with Gasteiger partial charge in [0.25, 0.3) is 0 Å². The molecule has 2 bridgehead atoms. The van der Waals surface area contributed by atoms with Crippen LogP contribution in [0.5, 0.6) is 0 Å². The van der Waals surface area contributed by atoms with Crippen molar-refractivity contribution in [3.05, 3.63) is 0 Å². The summed E-state index contributed by atoms with van der Waals surface area (Å²) in [6.45, 7) is 5.92. The number of ether oxygens (including phenoxy) is 1. The van der Waals surface area contributed by atoms with Crippen LogP contribution in [-0.2, 0) is 4.74 Å². The summed E-state index contributed by atoms with van der Waals surface area (Å²) in [5, 5.41) is 19.7. The Hall–Kier alpha value is -0.120. The molecule has 2 N–H and O–H groups in total. The van der Waals surface area contributed by atoms with Crippen molar-refractivity contribution >= 4 is 0 Å².